The maximum Gasteiger partial charge on any atom is 0.340 e. The largest absolute Gasteiger partial charge is 0.465 e. The molecular formula is C24H23ClN6O5. The van der Waals surface area contributed by atoms with Crippen molar-refractivity contribution >= 4 is 52.0 Å². The fourth-order valence-electron chi connectivity index (χ4n) is 5.38. The van der Waals surface area contributed by atoms with Crippen LogP contribution in [0.5, 0.6) is 0 Å². The molecule has 1 aliphatic heterocycles. The number of methoxy groups -OCH3 is 1. The number of primary amides is 1. The van der Waals surface area contributed by atoms with E-state index in [4.69, 9.17) is 22.1 Å². The highest BCUT2D eigenvalue weighted by atomic mass is 35.5. The molecule has 1 aliphatic carbocycles. The summed E-state index contributed by atoms with van der Waals surface area (Å²) < 4.78 is 6.15. The Labute approximate surface area is 210 Å². The quantitative estimate of drug-likeness (QED) is 0.380. The Morgan fingerprint density at radius 1 is 1.17 bits per heavy atom. The Bertz CT molecular complexity index is 1400. The zero-order valence-corrected chi connectivity index (χ0v) is 20.1. The molecule has 1 saturated carbocycles. The fraction of sp³-hybridized carbons (Fsp3) is 0.333. The number of nitrogens with zero attached hydrogens (tertiary/aromatic N) is 4. The van der Waals surface area contributed by atoms with Gasteiger partial charge in [0.1, 0.15) is 23.6 Å². The first-order chi connectivity index (χ1) is 17.3. The molecule has 11 nitrogen and oxygen atoms in total. The monoisotopic (exact) mass is 510 g/mol. The first-order valence-corrected chi connectivity index (χ1v) is 11.8. The molecule has 3 aromatic rings. The van der Waals surface area contributed by atoms with E-state index in [1.54, 1.807) is 35.2 Å². The summed E-state index contributed by atoms with van der Waals surface area (Å²) >= 11 is 5.94. The average Bonchev–Trinajstić information content (AvgIpc) is 3.57. The maximum absolute atomic E-state index is 13.6. The van der Waals surface area contributed by atoms with Crippen molar-refractivity contribution in [1.29, 1.82) is 0 Å². The van der Waals surface area contributed by atoms with Crippen LogP contribution in [0.15, 0.2) is 36.4 Å². The van der Waals surface area contributed by atoms with E-state index in [1.807, 2.05) is 0 Å². The van der Waals surface area contributed by atoms with Gasteiger partial charge in [-0.3, -0.25) is 19.1 Å². The number of amides is 3. The van der Waals surface area contributed by atoms with Crippen molar-refractivity contribution in [2.45, 2.75) is 37.9 Å². The highest BCUT2D eigenvalue weighted by Gasteiger charge is 2.51. The van der Waals surface area contributed by atoms with Gasteiger partial charge in [-0.15, -0.1) is 0 Å². The SMILES string of the molecule is COC(=O)c1cccc2c(C(N)=O)nn(CC(=O)N3[C@@H]4CC[C@@H](C4)[C@H]3C(=O)Nc3cccc(Cl)n3)c12. The molecule has 1 saturated heterocycles. The molecule has 2 bridgehead atoms. The smallest absolute Gasteiger partial charge is 0.340 e. The summed E-state index contributed by atoms with van der Waals surface area (Å²) in [5.41, 5.74) is 5.85. The van der Waals surface area contributed by atoms with Crippen molar-refractivity contribution < 1.29 is 23.9 Å². The van der Waals surface area contributed by atoms with Crippen molar-refractivity contribution in [3.05, 3.63) is 52.8 Å². The van der Waals surface area contributed by atoms with Crippen molar-refractivity contribution in [1.82, 2.24) is 19.7 Å². The summed E-state index contributed by atoms with van der Waals surface area (Å²) in [4.78, 5) is 57.0. The van der Waals surface area contributed by atoms with Crippen LogP contribution in [-0.4, -0.2) is 62.5 Å². The lowest BCUT2D eigenvalue weighted by Gasteiger charge is -2.34. The van der Waals surface area contributed by atoms with E-state index in [1.165, 1.54) is 17.9 Å². The van der Waals surface area contributed by atoms with Crippen LogP contribution in [-0.2, 0) is 20.9 Å². The lowest BCUT2D eigenvalue weighted by Crippen LogP contribution is -2.52. The summed E-state index contributed by atoms with van der Waals surface area (Å²) in [5, 5.41) is 7.59. The lowest BCUT2D eigenvalue weighted by atomic mass is 9.97. The number of anilines is 1. The van der Waals surface area contributed by atoms with Crippen molar-refractivity contribution in [2.24, 2.45) is 11.7 Å². The number of halogens is 1. The van der Waals surface area contributed by atoms with Gasteiger partial charge in [-0.25, -0.2) is 9.78 Å². The summed E-state index contributed by atoms with van der Waals surface area (Å²) in [5.74, 6) is -1.82. The second-order valence-corrected chi connectivity index (χ2v) is 9.26. The third kappa shape index (κ3) is 4.05. The number of hydrogen-bond donors (Lipinski definition) is 2. The normalized spacial score (nSPS) is 20.5. The Hall–Kier alpha value is -3.99. The molecule has 1 aromatic carbocycles. The molecule has 36 heavy (non-hydrogen) atoms. The molecule has 2 aliphatic rings. The third-order valence-corrected chi connectivity index (χ3v) is 7.01. The van der Waals surface area contributed by atoms with Crippen LogP contribution in [0.25, 0.3) is 10.9 Å². The fourth-order valence-corrected chi connectivity index (χ4v) is 5.54. The number of nitrogens with one attached hydrogen (secondary N) is 1. The van der Waals surface area contributed by atoms with E-state index in [0.717, 1.165) is 12.8 Å². The molecule has 186 valence electrons. The van der Waals surface area contributed by atoms with Crippen molar-refractivity contribution in [2.75, 3.05) is 12.4 Å². The number of piperidine rings is 1. The molecule has 2 fully saturated rings. The minimum Gasteiger partial charge on any atom is -0.465 e. The average molecular weight is 511 g/mol. The number of carbonyl (C=O) groups is 4. The molecule has 3 heterocycles. The standard InChI is InChI=1S/C24H23ClN6O5/c1-36-24(35)15-5-2-4-14-19(22(26)33)29-30(21(14)15)11-18(32)31-13-9-8-12(10-13)20(31)23(34)28-17-7-3-6-16(25)27-17/h2-7,12-13,20H,8-11H2,1H3,(H2,26,33)(H,27,28,34)/t12-,13+,20-/m0/s1. The molecule has 5 rings (SSSR count). The van der Waals surface area contributed by atoms with Gasteiger partial charge in [-0.1, -0.05) is 29.8 Å². The van der Waals surface area contributed by atoms with Crippen LogP contribution < -0.4 is 11.1 Å². The van der Waals surface area contributed by atoms with E-state index in [2.05, 4.69) is 15.4 Å². The molecule has 3 N–H and O–H groups in total. The van der Waals surface area contributed by atoms with Crippen LogP contribution in [0.4, 0.5) is 5.82 Å². The topological polar surface area (TPSA) is 150 Å². The summed E-state index contributed by atoms with van der Waals surface area (Å²) in [6.07, 6.45) is 2.33. The number of para-hydroxylation sites is 1. The van der Waals surface area contributed by atoms with Gasteiger partial charge in [0.15, 0.2) is 5.69 Å². The van der Waals surface area contributed by atoms with Gasteiger partial charge in [0.05, 0.1) is 18.2 Å². The molecule has 0 spiro atoms. The molecule has 0 unspecified atom stereocenters. The van der Waals surface area contributed by atoms with Gasteiger partial charge in [0, 0.05) is 11.4 Å². The van der Waals surface area contributed by atoms with Crippen molar-refractivity contribution in [3.63, 3.8) is 0 Å². The number of rotatable bonds is 6. The highest BCUT2D eigenvalue weighted by Crippen LogP contribution is 2.43. The number of benzene rings is 1. The predicted molar refractivity (Wildman–Crippen MR) is 129 cm³/mol. The Morgan fingerprint density at radius 3 is 2.67 bits per heavy atom. The molecule has 12 heteroatoms. The molecule has 3 atom stereocenters. The van der Waals surface area contributed by atoms with E-state index in [-0.39, 0.29) is 52.2 Å². The highest BCUT2D eigenvalue weighted by molar-refractivity contribution is 6.29. The number of aromatic nitrogens is 3. The molecule has 2 aromatic heterocycles. The second kappa shape index (κ2) is 9.23. The van der Waals surface area contributed by atoms with E-state index in [0.29, 0.717) is 17.6 Å². The zero-order valence-electron chi connectivity index (χ0n) is 19.3. The number of carbonyl (C=O) groups excluding carboxylic acids is 4. The summed E-state index contributed by atoms with van der Waals surface area (Å²) in [6.45, 7) is -0.291. The van der Waals surface area contributed by atoms with Crippen LogP contribution in [0.2, 0.25) is 5.15 Å². The maximum atomic E-state index is 13.6. The Kier molecular flexibility index (Phi) is 6.09. The van der Waals surface area contributed by atoms with Crippen LogP contribution in [0.3, 0.4) is 0 Å². The molecular weight excluding hydrogens is 488 g/mol. The van der Waals surface area contributed by atoms with Crippen LogP contribution >= 0.6 is 11.6 Å². The number of ether oxygens (including phenoxy) is 1. The van der Waals surface area contributed by atoms with Gasteiger partial charge in [0.2, 0.25) is 11.8 Å². The first-order valence-electron chi connectivity index (χ1n) is 11.4. The van der Waals surface area contributed by atoms with Gasteiger partial charge in [-0.2, -0.15) is 5.10 Å². The van der Waals surface area contributed by atoms with Crippen LogP contribution in [0, 0.1) is 5.92 Å². The number of pyridine rings is 1. The summed E-state index contributed by atoms with van der Waals surface area (Å²) in [6, 6.07) is 8.82. The predicted octanol–water partition coefficient (Wildman–Crippen LogP) is 1.99. The number of nitrogens with two attached hydrogens (primary N) is 1. The second-order valence-electron chi connectivity index (χ2n) is 8.87. The Morgan fingerprint density at radius 2 is 1.94 bits per heavy atom. The summed E-state index contributed by atoms with van der Waals surface area (Å²) in [7, 11) is 1.24. The minimum atomic E-state index is -0.792. The van der Waals surface area contributed by atoms with E-state index in [9.17, 15) is 19.2 Å². The van der Waals surface area contributed by atoms with E-state index >= 15 is 0 Å². The molecule has 0 radical (unpaired) electrons. The number of fused-ring (bicyclic) bond motifs is 3. The van der Waals surface area contributed by atoms with Gasteiger partial charge in [-0.05, 0) is 43.4 Å². The third-order valence-electron chi connectivity index (χ3n) is 6.80. The Balaban J connectivity index is 1.47. The number of hydrogen-bond acceptors (Lipinski definition) is 7. The lowest BCUT2D eigenvalue weighted by molar-refractivity contribution is -0.141. The number of esters is 1. The minimum absolute atomic E-state index is 0.0133. The number of likely N-dealkylation sites (tertiary alicyclic amines) is 1. The molecule has 3 amide bonds. The van der Waals surface area contributed by atoms with Crippen molar-refractivity contribution in [3.8, 4) is 0 Å². The van der Waals surface area contributed by atoms with Crippen LogP contribution in [0.1, 0.15) is 40.1 Å². The van der Waals surface area contributed by atoms with Gasteiger partial charge in [0.25, 0.3) is 5.91 Å². The van der Waals surface area contributed by atoms with E-state index < -0.39 is 17.9 Å². The zero-order chi connectivity index (χ0) is 25.6. The van der Waals surface area contributed by atoms with Gasteiger partial charge < -0.3 is 20.7 Å². The van der Waals surface area contributed by atoms with Gasteiger partial charge >= 0.3 is 5.97 Å². The first kappa shape index (κ1) is 23.7.